The van der Waals surface area contributed by atoms with Crippen LogP contribution in [0.2, 0.25) is 0 Å². The van der Waals surface area contributed by atoms with E-state index in [1.807, 2.05) is 24.3 Å². The van der Waals surface area contributed by atoms with Crippen molar-refractivity contribution in [3.05, 3.63) is 88.5 Å². The van der Waals surface area contributed by atoms with Crippen LogP contribution in [0.5, 0.6) is 0 Å². The minimum Gasteiger partial charge on any atom is -0.332 e. The number of thioether (sulfide) groups is 1. The van der Waals surface area contributed by atoms with Crippen molar-refractivity contribution < 1.29 is 14.5 Å². The minimum atomic E-state index is -0.492. The molecule has 0 heterocycles. The van der Waals surface area contributed by atoms with Gasteiger partial charge in [0.05, 0.1) is 10.7 Å². The molecule has 1 amide bonds. The number of nitrogens with zero attached hydrogens (tertiary/aromatic N) is 1. The molecule has 0 unspecified atom stereocenters. The van der Waals surface area contributed by atoms with Crippen LogP contribution >= 0.6 is 24.0 Å². The minimum absolute atomic E-state index is 0.00186. The maximum Gasteiger partial charge on any atom is 0.269 e. The van der Waals surface area contributed by atoms with Crippen LogP contribution in [0.4, 0.5) is 22.7 Å². The molecule has 3 aromatic rings. The first-order valence-electron chi connectivity index (χ1n) is 9.76. The number of benzene rings is 3. The summed E-state index contributed by atoms with van der Waals surface area (Å²) in [6.07, 6.45) is 0. The highest BCUT2D eigenvalue weighted by Crippen LogP contribution is 2.23. The maximum absolute atomic E-state index is 12.2. The van der Waals surface area contributed by atoms with Crippen molar-refractivity contribution in [2.24, 2.45) is 0 Å². The first-order chi connectivity index (χ1) is 15.8. The van der Waals surface area contributed by atoms with E-state index in [1.54, 1.807) is 24.3 Å². The van der Waals surface area contributed by atoms with E-state index in [0.29, 0.717) is 16.4 Å². The highest BCUT2D eigenvalue weighted by Gasteiger charge is 2.08. The van der Waals surface area contributed by atoms with E-state index in [-0.39, 0.29) is 23.1 Å². The second-order valence-corrected chi connectivity index (χ2v) is 8.34. The zero-order valence-corrected chi connectivity index (χ0v) is 19.2. The Labute approximate surface area is 199 Å². The molecule has 0 aromatic heterocycles. The molecular weight excluding hydrogens is 460 g/mol. The van der Waals surface area contributed by atoms with E-state index in [9.17, 15) is 19.7 Å². The molecule has 3 N–H and O–H groups in total. The molecule has 168 valence electrons. The number of Topliss-reactive ketones (excluding diaryl/α,β-unsaturated/α-hetero) is 1. The van der Waals surface area contributed by atoms with Crippen molar-refractivity contribution in [2.75, 3.05) is 21.7 Å². The molecule has 0 saturated heterocycles. The Kier molecular flexibility index (Phi) is 8.11. The Morgan fingerprint density at radius 1 is 0.909 bits per heavy atom. The number of carbonyl (C=O) groups excluding carboxylic acids is 2. The number of ketones is 1. The van der Waals surface area contributed by atoms with Gasteiger partial charge in [0, 0.05) is 39.7 Å². The Morgan fingerprint density at radius 2 is 1.52 bits per heavy atom. The third-order valence-corrected chi connectivity index (χ3v) is 5.57. The number of nitro benzene ring substituents is 1. The maximum atomic E-state index is 12.2. The first kappa shape index (κ1) is 23.9. The van der Waals surface area contributed by atoms with Gasteiger partial charge in [-0.15, -0.1) is 11.8 Å². The number of carbonyl (C=O) groups is 2. The van der Waals surface area contributed by atoms with Gasteiger partial charge in [-0.25, -0.2) is 0 Å². The van der Waals surface area contributed by atoms with Crippen molar-refractivity contribution >= 4 is 63.5 Å². The number of nitro groups is 1. The molecule has 0 bridgehead atoms. The van der Waals surface area contributed by atoms with Crippen molar-refractivity contribution in [3.8, 4) is 0 Å². The molecule has 0 spiro atoms. The summed E-state index contributed by atoms with van der Waals surface area (Å²) in [6, 6.07) is 20.1. The topological polar surface area (TPSA) is 113 Å². The van der Waals surface area contributed by atoms with Gasteiger partial charge >= 0.3 is 0 Å². The quantitative estimate of drug-likeness (QED) is 0.130. The zero-order valence-electron chi connectivity index (χ0n) is 17.5. The summed E-state index contributed by atoms with van der Waals surface area (Å²) >= 11 is 6.70. The molecule has 10 heteroatoms. The second-order valence-electron chi connectivity index (χ2n) is 6.88. The normalized spacial score (nSPS) is 10.2. The molecule has 0 aliphatic rings. The van der Waals surface area contributed by atoms with E-state index in [1.165, 1.54) is 43.0 Å². The number of thiocarbonyl (C=S) groups is 1. The largest absolute Gasteiger partial charge is 0.332 e. The van der Waals surface area contributed by atoms with Crippen LogP contribution in [0, 0.1) is 10.1 Å². The number of hydrogen-bond donors (Lipinski definition) is 3. The fraction of sp³-hybridized carbons (Fsp3) is 0.0870. The summed E-state index contributed by atoms with van der Waals surface area (Å²) in [5.41, 5.74) is 2.60. The van der Waals surface area contributed by atoms with Crippen LogP contribution in [0.15, 0.2) is 77.7 Å². The molecule has 0 aliphatic heterocycles. The SMILES string of the molecule is CC(=O)c1ccc(NC(=S)Nc2cccc(SCC(=O)Nc3ccc([N+](=O)[O-])cc3)c2)cc1. The van der Waals surface area contributed by atoms with Gasteiger partial charge in [-0.1, -0.05) is 6.07 Å². The van der Waals surface area contributed by atoms with Gasteiger partial charge in [0.1, 0.15) is 0 Å². The molecule has 8 nitrogen and oxygen atoms in total. The van der Waals surface area contributed by atoms with Gasteiger partial charge < -0.3 is 16.0 Å². The summed E-state index contributed by atoms with van der Waals surface area (Å²) < 4.78 is 0. The molecule has 33 heavy (non-hydrogen) atoms. The fourth-order valence-electron chi connectivity index (χ4n) is 2.76. The Hall–Kier alpha value is -3.76. The summed E-state index contributed by atoms with van der Waals surface area (Å²) in [6.45, 7) is 1.51. The standard InChI is InChI=1S/C23H20N4O4S2/c1-15(28)16-5-7-18(8-6-16)25-23(32)26-19-3-2-4-21(13-19)33-14-22(29)24-17-9-11-20(12-10-17)27(30)31/h2-13H,14H2,1H3,(H,24,29)(H2,25,26,32). The van der Waals surface area contributed by atoms with Gasteiger partial charge in [0.25, 0.3) is 5.69 Å². The molecule has 0 atom stereocenters. The fourth-order valence-corrected chi connectivity index (χ4v) is 3.75. The second kappa shape index (κ2) is 11.2. The van der Waals surface area contributed by atoms with Gasteiger partial charge in [-0.3, -0.25) is 19.7 Å². The lowest BCUT2D eigenvalue weighted by molar-refractivity contribution is -0.384. The average molecular weight is 481 g/mol. The Morgan fingerprint density at radius 3 is 2.15 bits per heavy atom. The van der Waals surface area contributed by atoms with Crippen LogP contribution in [0.1, 0.15) is 17.3 Å². The highest BCUT2D eigenvalue weighted by molar-refractivity contribution is 8.00. The van der Waals surface area contributed by atoms with Crippen LogP contribution in [0.3, 0.4) is 0 Å². The number of amides is 1. The number of hydrogen-bond acceptors (Lipinski definition) is 6. The van der Waals surface area contributed by atoms with Crippen molar-refractivity contribution in [2.45, 2.75) is 11.8 Å². The molecule has 3 aromatic carbocycles. The smallest absolute Gasteiger partial charge is 0.269 e. The van der Waals surface area contributed by atoms with Crippen LogP contribution in [0.25, 0.3) is 0 Å². The van der Waals surface area contributed by atoms with E-state index in [2.05, 4.69) is 16.0 Å². The predicted molar refractivity (Wildman–Crippen MR) is 135 cm³/mol. The Bertz CT molecular complexity index is 1180. The molecule has 0 aliphatic carbocycles. The Balaban J connectivity index is 1.50. The van der Waals surface area contributed by atoms with Gasteiger partial charge in [-0.2, -0.15) is 0 Å². The lowest BCUT2D eigenvalue weighted by Crippen LogP contribution is -2.19. The van der Waals surface area contributed by atoms with Gasteiger partial charge in [-0.05, 0) is 73.7 Å². The summed E-state index contributed by atoms with van der Waals surface area (Å²) in [7, 11) is 0. The van der Waals surface area contributed by atoms with Gasteiger partial charge in [0.15, 0.2) is 10.9 Å². The third-order valence-electron chi connectivity index (χ3n) is 4.37. The number of non-ortho nitro benzene ring substituents is 1. The molecule has 0 saturated carbocycles. The third kappa shape index (κ3) is 7.41. The van der Waals surface area contributed by atoms with E-state index < -0.39 is 4.92 Å². The number of anilines is 3. The number of nitrogens with one attached hydrogen (secondary N) is 3. The molecule has 0 fully saturated rings. The van der Waals surface area contributed by atoms with Crippen LogP contribution < -0.4 is 16.0 Å². The predicted octanol–water partition coefficient (Wildman–Crippen LogP) is 5.34. The van der Waals surface area contributed by atoms with Crippen molar-refractivity contribution in [1.82, 2.24) is 0 Å². The highest BCUT2D eigenvalue weighted by atomic mass is 32.2. The first-order valence-corrected chi connectivity index (χ1v) is 11.2. The monoisotopic (exact) mass is 480 g/mol. The van der Waals surface area contributed by atoms with E-state index >= 15 is 0 Å². The molecule has 3 rings (SSSR count). The van der Waals surface area contributed by atoms with Crippen LogP contribution in [-0.4, -0.2) is 27.5 Å². The van der Waals surface area contributed by atoms with Crippen molar-refractivity contribution in [1.29, 1.82) is 0 Å². The van der Waals surface area contributed by atoms with E-state index in [4.69, 9.17) is 12.2 Å². The van der Waals surface area contributed by atoms with Crippen LogP contribution in [-0.2, 0) is 4.79 Å². The molecule has 0 radical (unpaired) electrons. The van der Waals surface area contributed by atoms with Crippen molar-refractivity contribution in [3.63, 3.8) is 0 Å². The summed E-state index contributed by atoms with van der Waals surface area (Å²) in [4.78, 5) is 34.6. The average Bonchev–Trinajstić information content (AvgIpc) is 2.78. The summed E-state index contributed by atoms with van der Waals surface area (Å²) in [5, 5.41) is 20.0. The number of rotatable bonds is 8. The summed E-state index contributed by atoms with van der Waals surface area (Å²) in [5.74, 6) is -0.0533. The molecular formula is C23H20N4O4S2. The van der Waals surface area contributed by atoms with Gasteiger partial charge in [0.2, 0.25) is 5.91 Å². The lowest BCUT2D eigenvalue weighted by atomic mass is 10.1. The zero-order chi connectivity index (χ0) is 23.8. The van der Waals surface area contributed by atoms with E-state index in [0.717, 1.165) is 16.3 Å². The lowest BCUT2D eigenvalue weighted by Gasteiger charge is -2.12.